The molecule has 2 atom stereocenters. The first kappa shape index (κ1) is 30.8. The number of carbonyl (C=O) groups excluding carboxylic acids is 2. The number of nitrogens with zero attached hydrogens (tertiary/aromatic N) is 1. The van der Waals surface area contributed by atoms with Gasteiger partial charge in [0.2, 0.25) is 0 Å². The number of benzene rings is 1. The maximum absolute atomic E-state index is 13.3. The van der Waals surface area contributed by atoms with Crippen molar-refractivity contribution in [2.75, 3.05) is 13.7 Å². The van der Waals surface area contributed by atoms with E-state index in [9.17, 15) is 19.5 Å². The Morgan fingerprint density at radius 1 is 1.16 bits per heavy atom. The van der Waals surface area contributed by atoms with Gasteiger partial charge in [0.15, 0.2) is 5.78 Å². The van der Waals surface area contributed by atoms with E-state index in [1.54, 1.807) is 6.92 Å². The highest BCUT2D eigenvalue weighted by Crippen LogP contribution is 2.35. The summed E-state index contributed by atoms with van der Waals surface area (Å²) in [6.45, 7) is 10.4. The molecule has 38 heavy (non-hydrogen) atoms. The van der Waals surface area contributed by atoms with Gasteiger partial charge in [0, 0.05) is 24.1 Å². The van der Waals surface area contributed by atoms with Crippen LogP contribution in [0, 0.1) is 11.3 Å². The summed E-state index contributed by atoms with van der Waals surface area (Å²) in [7, 11) is 1.26. The van der Waals surface area contributed by atoms with Crippen LogP contribution in [-0.4, -0.2) is 36.9 Å². The third-order valence-corrected chi connectivity index (χ3v) is 6.94. The molecule has 2 aromatic rings. The van der Waals surface area contributed by atoms with E-state index in [-0.39, 0.29) is 17.2 Å². The predicted octanol–water partition coefficient (Wildman–Crippen LogP) is 6.72. The molecule has 0 saturated carbocycles. The van der Waals surface area contributed by atoms with Gasteiger partial charge in [-0.15, -0.1) is 0 Å². The van der Waals surface area contributed by atoms with Crippen molar-refractivity contribution in [3.05, 3.63) is 57.6 Å². The van der Waals surface area contributed by atoms with E-state index in [1.807, 2.05) is 45.0 Å². The summed E-state index contributed by atoms with van der Waals surface area (Å²) < 4.78 is 15.6. The Morgan fingerprint density at radius 2 is 1.84 bits per heavy atom. The minimum atomic E-state index is -0.833. The molecule has 0 fully saturated rings. The number of methoxy groups -OCH3 is 1. The first-order chi connectivity index (χ1) is 18.0. The lowest BCUT2D eigenvalue weighted by molar-refractivity contribution is 0.0811. The van der Waals surface area contributed by atoms with E-state index in [0.717, 1.165) is 24.2 Å². The van der Waals surface area contributed by atoms with E-state index < -0.39 is 28.8 Å². The Labute approximate surface area is 225 Å². The molecule has 0 saturated heterocycles. The molecule has 0 spiro atoms. The summed E-state index contributed by atoms with van der Waals surface area (Å²) in [5.41, 5.74) is -0.584. The van der Waals surface area contributed by atoms with Crippen molar-refractivity contribution in [2.24, 2.45) is 16.3 Å². The molecule has 0 radical (unpaired) electrons. The van der Waals surface area contributed by atoms with Gasteiger partial charge in [-0.25, -0.2) is 9.59 Å². The normalized spacial score (nSPS) is 13.3. The minimum absolute atomic E-state index is 0.174. The number of amides is 1. The van der Waals surface area contributed by atoms with Gasteiger partial charge >= 0.3 is 11.7 Å². The van der Waals surface area contributed by atoms with Crippen molar-refractivity contribution in [3.63, 3.8) is 0 Å². The van der Waals surface area contributed by atoms with Gasteiger partial charge in [0.1, 0.15) is 22.8 Å². The number of hydrogen-bond acceptors (Lipinski definition) is 7. The second-order valence-corrected chi connectivity index (χ2v) is 10.4. The summed E-state index contributed by atoms with van der Waals surface area (Å²) in [6.07, 6.45) is 5.37. The Balaban J connectivity index is 2.06. The van der Waals surface area contributed by atoms with Gasteiger partial charge in [0.05, 0.1) is 13.7 Å². The van der Waals surface area contributed by atoms with Crippen LogP contribution in [0.2, 0.25) is 0 Å². The molecule has 1 aromatic heterocycles. The number of ketones is 1. The SMILES string of the molecule is CCCCOc1ccc(CC(C)(C)C(C)C(=O)c2c(O)cc(C(C)CCCC=NC(=O)OC)oc2=O)cc1. The second kappa shape index (κ2) is 14.5. The largest absolute Gasteiger partial charge is 0.507 e. The van der Waals surface area contributed by atoms with Gasteiger partial charge in [-0.1, -0.05) is 53.2 Å². The molecule has 1 N–H and O–H groups in total. The summed E-state index contributed by atoms with van der Waals surface area (Å²) in [5, 5.41) is 10.6. The third-order valence-electron chi connectivity index (χ3n) is 6.94. The lowest BCUT2D eigenvalue weighted by Gasteiger charge is -2.31. The Kier molecular flexibility index (Phi) is 11.8. The number of aliphatic imine (C=N–C) groups is 1. The number of rotatable bonds is 14. The van der Waals surface area contributed by atoms with E-state index in [1.165, 1.54) is 19.4 Å². The molecule has 1 heterocycles. The van der Waals surface area contributed by atoms with Crippen molar-refractivity contribution >= 4 is 18.1 Å². The fraction of sp³-hybridized carbons (Fsp3) is 0.533. The van der Waals surface area contributed by atoms with Crippen molar-refractivity contribution < 1.29 is 28.6 Å². The molecule has 0 aliphatic rings. The predicted molar refractivity (Wildman–Crippen MR) is 148 cm³/mol. The van der Waals surface area contributed by atoms with Crippen molar-refractivity contribution in [1.29, 1.82) is 0 Å². The van der Waals surface area contributed by atoms with Crippen molar-refractivity contribution in [2.45, 2.75) is 79.1 Å². The van der Waals surface area contributed by atoms with Crippen LogP contribution in [0.1, 0.15) is 94.3 Å². The lowest BCUT2D eigenvalue weighted by atomic mass is 9.72. The number of aromatic hydroxyl groups is 1. The average molecular weight is 528 g/mol. The van der Waals surface area contributed by atoms with Crippen LogP contribution in [0.15, 0.2) is 44.5 Å². The van der Waals surface area contributed by atoms with Gasteiger partial charge < -0.3 is 19.0 Å². The number of carbonyl (C=O) groups is 2. The fourth-order valence-corrected chi connectivity index (χ4v) is 4.11. The third kappa shape index (κ3) is 8.85. The van der Waals surface area contributed by atoms with Crippen LogP contribution in [0.5, 0.6) is 11.5 Å². The number of unbranched alkanes of at least 4 members (excludes halogenated alkanes) is 2. The topological polar surface area (TPSA) is 115 Å². The first-order valence-electron chi connectivity index (χ1n) is 13.2. The van der Waals surface area contributed by atoms with Crippen LogP contribution in [0.25, 0.3) is 0 Å². The first-order valence-corrected chi connectivity index (χ1v) is 13.2. The zero-order valence-corrected chi connectivity index (χ0v) is 23.4. The molecule has 8 heteroatoms. The second-order valence-electron chi connectivity index (χ2n) is 10.4. The maximum Gasteiger partial charge on any atom is 0.432 e. The molecule has 2 unspecified atom stereocenters. The highest BCUT2D eigenvalue weighted by atomic mass is 16.5. The summed E-state index contributed by atoms with van der Waals surface area (Å²) in [6, 6.07) is 9.20. The molecule has 2 rings (SSSR count). The molecule has 0 bridgehead atoms. The summed E-state index contributed by atoms with van der Waals surface area (Å²) in [5.74, 6) is -0.408. The van der Waals surface area contributed by atoms with Crippen molar-refractivity contribution in [3.8, 4) is 11.5 Å². The quantitative estimate of drug-likeness (QED) is 0.165. The van der Waals surface area contributed by atoms with Gasteiger partial charge in [-0.3, -0.25) is 4.79 Å². The molecule has 208 valence electrons. The lowest BCUT2D eigenvalue weighted by Crippen LogP contribution is -2.33. The summed E-state index contributed by atoms with van der Waals surface area (Å²) in [4.78, 5) is 40.8. The molecular weight excluding hydrogens is 486 g/mol. The highest BCUT2D eigenvalue weighted by molar-refractivity contribution is 6.00. The van der Waals surface area contributed by atoms with Crippen LogP contribution in [-0.2, 0) is 11.2 Å². The molecular formula is C30H41NO7. The fourth-order valence-electron chi connectivity index (χ4n) is 4.11. The molecule has 1 aromatic carbocycles. The smallest absolute Gasteiger partial charge is 0.432 e. The van der Waals surface area contributed by atoms with Crippen LogP contribution in [0.4, 0.5) is 4.79 Å². The van der Waals surface area contributed by atoms with Gasteiger partial charge in [-0.2, -0.15) is 4.99 Å². The molecule has 0 aliphatic carbocycles. The van der Waals surface area contributed by atoms with Crippen LogP contribution < -0.4 is 10.4 Å². The Bertz CT molecular complexity index is 1150. The minimum Gasteiger partial charge on any atom is -0.507 e. The number of Topliss-reactive ketones (excluding diaryl/α,β-unsaturated/α-hetero) is 1. The highest BCUT2D eigenvalue weighted by Gasteiger charge is 2.35. The van der Waals surface area contributed by atoms with E-state index in [2.05, 4.69) is 16.7 Å². The van der Waals surface area contributed by atoms with E-state index >= 15 is 0 Å². The van der Waals surface area contributed by atoms with Gasteiger partial charge in [0.25, 0.3) is 0 Å². The van der Waals surface area contributed by atoms with E-state index in [0.29, 0.717) is 38.1 Å². The zero-order chi connectivity index (χ0) is 28.3. The maximum atomic E-state index is 13.3. The van der Waals surface area contributed by atoms with E-state index in [4.69, 9.17) is 9.15 Å². The number of ether oxygens (including phenoxy) is 2. The Hall–Kier alpha value is -3.42. The average Bonchev–Trinajstić information content (AvgIpc) is 2.88. The molecule has 0 aliphatic heterocycles. The molecule has 8 nitrogen and oxygen atoms in total. The Morgan fingerprint density at radius 3 is 2.45 bits per heavy atom. The molecule has 1 amide bonds. The number of hydrogen-bond donors (Lipinski definition) is 1. The van der Waals surface area contributed by atoms with Gasteiger partial charge in [-0.05, 0) is 55.2 Å². The standard InChI is InChI=1S/C30H41NO7/c1-7-8-17-37-23-14-12-22(13-15-23)19-30(4,5)21(3)27(33)26-24(32)18-25(38-28(26)34)20(2)11-9-10-16-31-29(35)36-6/h12-16,18,20-21,32H,7-11,17,19H2,1-6H3. The van der Waals surface area contributed by atoms with Crippen LogP contribution in [0.3, 0.4) is 0 Å². The monoisotopic (exact) mass is 527 g/mol. The van der Waals surface area contributed by atoms with Crippen molar-refractivity contribution in [1.82, 2.24) is 0 Å². The van der Waals surface area contributed by atoms with Crippen LogP contribution >= 0.6 is 0 Å². The summed E-state index contributed by atoms with van der Waals surface area (Å²) >= 11 is 0. The zero-order valence-electron chi connectivity index (χ0n) is 23.4.